The summed E-state index contributed by atoms with van der Waals surface area (Å²) in [6.07, 6.45) is 7.04. The third-order valence-corrected chi connectivity index (χ3v) is 3.18. The van der Waals surface area contributed by atoms with Crippen LogP contribution in [0.15, 0.2) is 0 Å². The van der Waals surface area contributed by atoms with Gasteiger partial charge < -0.3 is 15.0 Å². The van der Waals surface area contributed by atoms with Gasteiger partial charge in [-0.1, -0.05) is 39.5 Å². The van der Waals surface area contributed by atoms with E-state index < -0.39 is 0 Å². The molecule has 0 heterocycles. The number of nitrogens with one attached hydrogen (secondary N) is 1. The van der Waals surface area contributed by atoms with Crippen molar-refractivity contribution in [2.45, 2.75) is 52.4 Å². The molecule has 0 aliphatic heterocycles. The molecule has 0 aromatic rings. The maximum absolute atomic E-state index is 12.1. The fourth-order valence-electron chi connectivity index (χ4n) is 1.95. The Hall–Kier alpha value is -0.610. The first-order valence-electron chi connectivity index (χ1n) is 7.73. The van der Waals surface area contributed by atoms with Crippen LogP contribution < -0.4 is 5.32 Å². The number of methoxy groups -OCH3 is 1. The molecule has 0 aromatic heterocycles. The maximum atomic E-state index is 12.1. The Morgan fingerprint density at radius 3 is 2.11 bits per heavy atom. The first-order valence-corrected chi connectivity index (χ1v) is 7.73. The molecule has 0 fully saturated rings. The third-order valence-electron chi connectivity index (χ3n) is 3.18. The van der Waals surface area contributed by atoms with Crippen molar-refractivity contribution in [2.24, 2.45) is 0 Å². The van der Waals surface area contributed by atoms with Gasteiger partial charge in [-0.05, 0) is 12.8 Å². The average molecular weight is 272 g/mol. The molecular weight excluding hydrogens is 240 g/mol. The molecule has 114 valence electrons. The van der Waals surface area contributed by atoms with Crippen LogP contribution >= 0.6 is 0 Å². The van der Waals surface area contributed by atoms with Crippen LogP contribution in [0.5, 0.6) is 0 Å². The van der Waals surface area contributed by atoms with Crippen LogP contribution in [0, 0.1) is 0 Å². The maximum Gasteiger partial charge on any atom is 0.236 e. The lowest BCUT2D eigenvalue weighted by molar-refractivity contribution is -0.130. The van der Waals surface area contributed by atoms with Crippen molar-refractivity contribution in [1.29, 1.82) is 0 Å². The van der Waals surface area contributed by atoms with E-state index in [0.717, 1.165) is 32.5 Å². The average Bonchev–Trinajstić information content (AvgIpc) is 2.42. The van der Waals surface area contributed by atoms with E-state index in [1.165, 1.54) is 25.7 Å². The molecule has 0 bridgehead atoms. The molecular formula is C15H32N2O2. The van der Waals surface area contributed by atoms with Crippen molar-refractivity contribution in [3.05, 3.63) is 0 Å². The number of amides is 1. The second-order valence-electron chi connectivity index (χ2n) is 4.96. The SMILES string of the molecule is CCCCCN(CCCCC)C(=O)CNCCOC. The zero-order valence-electron chi connectivity index (χ0n) is 13.0. The summed E-state index contributed by atoms with van der Waals surface area (Å²) >= 11 is 0. The minimum absolute atomic E-state index is 0.225. The zero-order chi connectivity index (χ0) is 14.3. The molecule has 1 amide bonds. The van der Waals surface area contributed by atoms with Crippen LogP contribution in [0.1, 0.15) is 52.4 Å². The van der Waals surface area contributed by atoms with Gasteiger partial charge in [0, 0.05) is 26.7 Å². The van der Waals surface area contributed by atoms with Gasteiger partial charge in [0.1, 0.15) is 0 Å². The van der Waals surface area contributed by atoms with Gasteiger partial charge in [0.15, 0.2) is 0 Å². The number of unbranched alkanes of at least 4 members (excludes halogenated alkanes) is 4. The van der Waals surface area contributed by atoms with Crippen LogP contribution in [-0.4, -0.2) is 50.7 Å². The van der Waals surface area contributed by atoms with Crippen LogP contribution in [0.2, 0.25) is 0 Å². The van der Waals surface area contributed by atoms with Gasteiger partial charge >= 0.3 is 0 Å². The Kier molecular flexibility index (Phi) is 13.4. The quantitative estimate of drug-likeness (QED) is 0.524. The van der Waals surface area contributed by atoms with E-state index in [1.807, 2.05) is 4.90 Å². The number of carbonyl (C=O) groups excluding carboxylic acids is 1. The molecule has 19 heavy (non-hydrogen) atoms. The Morgan fingerprint density at radius 2 is 1.63 bits per heavy atom. The first-order chi connectivity index (χ1) is 9.26. The van der Waals surface area contributed by atoms with E-state index in [0.29, 0.717) is 13.2 Å². The summed E-state index contributed by atoms with van der Waals surface area (Å²) < 4.78 is 4.96. The fraction of sp³-hybridized carbons (Fsp3) is 0.933. The summed E-state index contributed by atoms with van der Waals surface area (Å²) in [5.74, 6) is 0.225. The Balaban J connectivity index is 3.94. The van der Waals surface area contributed by atoms with Gasteiger partial charge in [-0.2, -0.15) is 0 Å². The van der Waals surface area contributed by atoms with Crippen LogP contribution in [-0.2, 0) is 9.53 Å². The molecule has 0 atom stereocenters. The van der Waals surface area contributed by atoms with Gasteiger partial charge in [0.25, 0.3) is 0 Å². The predicted molar refractivity (Wildman–Crippen MR) is 80.4 cm³/mol. The minimum atomic E-state index is 0.225. The lowest BCUT2D eigenvalue weighted by Crippen LogP contribution is -2.40. The van der Waals surface area contributed by atoms with Crippen LogP contribution in [0.4, 0.5) is 0 Å². The molecule has 1 N–H and O–H groups in total. The number of carbonyl (C=O) groups is 1. The molecule has 0 saturated heterocycles. The molecule has 0 rings (SSSR count). The topological polar surface area (TPSA) is 41.6 Å². The summed E-state index contributed by atoms with van der Waals surface area (Å²) in [7, 11) is 1.67. The number of rotatable bonds is 13. The van der Waals surface area contributed by atoms with Crippen molar-refractivity contribution >= 4 is 5.91 Å². The van der Waals surface area contributed by atoms with Gasteiger partial charge in [0.2, 0.25) is 5.91 Å². The van der Waals surface area contributed by atoms with Crippen molar-refractivity contribution < 1.29 is 9.53 Å². The lowest BCUT2D eigenvalue weighted by atomic mass is 10.2. The molecule has 0 saturated carbocycles. The molecule has 0 aromatic carbocycles. The molecule has 4 heteroatoms. The van der Waals surface area contributed by atoms with Crippen molar-refractivity contribution in [2.75, 3.05) is 39.9 Å². The highest BCUT2D eigenvalue weighted by molar-refractivity contribution is 5.78. The number of ether oxygens (including phenoxy) is 1. The van der Waals surface area contributed by atoms with Gasteiger partial charge in [-0.25, -0.2) is 0 Å². The highest BCUT2D eigenvalue weighted by atomic mass is 16.5. The summed E-state index contributed by atoms with van der Waals surface area (Å²) in [6.45, 7) is 8.01. The predicted octanol–water partition coefficient (Wildman–Crippen LogP) is 2.43. The summed E-state index contributed by atoms with van der Waals surface area (Å²) in [6, 6.07) is 0. The van der Waals surface area contributed by atoms with Crippen LogP contribution in [0.25, 0.3) is 0 Å². The van der Waals surface area contributed by atoms with E-state index in [-0.39, 0.29) is 5.91 Å². The monoisotopic (exact) mass is 272 g/mol. The van der Waals surface area contributed by atoms with E-state index >= 15 is 0 Å². The molecule has 0 aliphatic rings. The van der Waals surface area contributed by atoms with E-state index in [1.54, 1.807) is 7.11 Å². The number of hydrogen-bond donors (Lipinski definition) is 1. The summed E-state index contributed by atoms with van der Waals surface area (Å²) in [4.78, 5) is 14.1. The van der Waals surface area contributed by atoms with Crippen molar-refractivity contribution in [1.82, 2.24) is 10.2 Å². The van der Waals surface area contributed by atoms with Gasteiger partial charge in [-0.3, -0.25) is 4.79 Å². The Bertz CT molecular complexity index is 200. The third kappa shape index (κ3) is 11.0. The largest absolute Gasteiger partial charge is 0.383 e. The Labute approximate surface area is 118 Å². The van der Waals surface area contributed by atoms with Crippen LogP contribution in [0.3, 0.4) is 0 Å². The second-order valence-corrected chi connectivity index (χ2v) is 4.96. The van der Waals surface area contributed by atoms with E-state index in [2.05, 4.69) is 19.2 Å². The molecule has 4 nitrogen and oxygen atoms in total. The van der Waals surface area contributed by atoms with Crippen molar-refractivity contribution in [3.63, 3.8) is 0 Å². The summed E-state index contributed by atoms with van der Waals surface area (Å²) in [5, 5.41) is 3.13. The van der Waals surface area contributed by atoms with E-state index in [4.69, 9.17) is 4.74 Å². The molecule has 0 spiro atoms. The Morgan fingerprint density at radius 1 is 1.05 bits per heavy atom. The fourth-order valence-corrected chi connectivity index (χ4v) is 1.95. The summed E-state index contributed by atoms with van der Waals surface area (Å²) in [5.41, 5.74) is 0. The molecule has 0 unspecified atom stereocenters. The molecule has 0 radical (unpaired) electrons. The number of nitrogens with zero attached hydrogens (tertiary/aromatic N) is 1. The van der Waals surface area contributed by atoms with Crippen molar-refractivity contribution in [3.8, 4) is 0 Å². The molecule has 0 aliphatic carbocycles. The smallest absolute Gasteiger partial charge is 0.236 e. The highest BCUT2D eigenvalue weighted by Gasteiger charge is 2.11. The van der Waals surface area contributed by atoms with Gasteiger partial charge in [-0.15, -0.1) is 0 Å². The standard InChI is InChI=1S/C15H32N2O2/c1-4-6-8-11-17(12-9-7-5-2)15(18)14-16-10-13-19-3/h16H,4-14H2,1-3H3. The van der Waals surface area contributed by atoms with Gasteiger partial charge in [0.05, 0.1) is 13.2 Å². The number of hydrogen-bond acceptors (Lipinski definition) is 3. The first kappa shape index (κ1) is 18.4. The highest BCUT2D eigenvalue weighted by Crippen LogP contribution is 2.03. The normalized spacial score (nSPS) is 10.7. The minimum Gasteiger partial charge on any atom is -0.383 e. The zero-order valence-corrected chi connectivity index (χ0v) is 13.0. The lowest BCUT2D eigenvalue weighted by Gasteiger charge is -2.23. The van der Waals surface area contributed by atoms with E-state index in [9.17, 15) is 4.79 Å². The second kappa shape index (κ2) is 13.8.